The minimum atomic E-state index is -0.804. The number of ketones is 2. The standard InChI is InChI=1S/C22H17NO2.Rb.Re/c1-11-9-17-13(3)14(4)20(23-18(17)10-12(11)2)19-21(24)15-7-5-6-8-16(15)22(19)25;;/h5-8,19H,1-4H3;;. The zero-order valence-corrected chi connectivity index (χ0v) is 23.7. The number of hydrogen-bond donors (Lipinski definition) is 0. The van der Waals surface area contributed by atoms with E-state index in [1.807, 2.05) is 19.1 Å². The second-order valence-corrected chi connectivity index (χ2v) is 11.2. The number of benzene rings is 2. The van der Waals surface area contributed by atoms with Crippen LogP contribution in [-0.4, -0.2) is 72.1 Å². The molecule has 3 aromatic rings. The third kappa shape index (κ3) is 2.88. The number of rotatable bonds is 1. The van der Waals surface area contributed by atoms with E-state index < -0.39 is 5.92 Å². The van der Waals surface area contributed by atoms with Gasteiger partial charge >= 0.3 is 211 Å². The summed E-state index contributed by atoms with van der Waals surface area (Å²) in [7, 11) is 0. The Labute approximate surface area is 208 Å². The van der Waals surface area contributed by atoms with Crippen LogP contribution in [0.2, 0.25) is 0 Å². The van der Waals surface area contributed by atoms with Crippen molar-refractivity contribution in [3.63, 3.8) is 0 Å². The van der Waals surface area contributed by atoms with Crippen molar-refractivity contribution in [2.75, 3.05) is 0 Å². The van der Waals surface area contributed by atoms with Crippen molar-refractivity contribution in [2.24, 2.45) is 0 Å². The number of aryl methyl sites for hydroxylation is 1. The second-order valence-electron chi connectivity index (χ2n) is 7.37. The molecule has 0 radical (unpaired) electrons. The fourth-order valence-corrected chi connectivity index (χ4v) is 7.54. The summed E-state index contributed by atoms with van der Waals surface area (Å²) in [5, 5.41) is 1.25. The predicted molar refractivity (Wildman–Crippen MR) is 104 cm³/mol. The summed E-state index contributed by atoms with van der Waals surface area (Å²) in [5.41, 5.74) is 7.50. The quantitative estimate of drug-likeness (QED) is 0.405. The normalized spacial score (nSPS) is 14.3. The number of Topliss-reactive ketones (excluding diaryl/α,β-unsaturated/α-hetero) is 2. The van der Waals surface area contributed by atoms with E-state index in [4.69, 9.17) is 4.98 Å². The summed E-state index contributed by atoms with van der Waals surface area (Å²) in [6.45, 7) is 8.47. The van der Waals surface area contributed by atoms with Crippen LogP contribution < -0.4 is 2.67 Å². The molecule has 1 aliphatic rings. The van der Waals surface area contributed by atoms with E-state index in [1.165, 1.54) is 24.7 Å². The van der Waals surface area contributed by atoms with Crippen molar-refractivity contribution in [3.8, 4) is 0 Å². The molecular weight excluding hydrogens is 582 g/mol. The Bertz CT molecular complexity index is 1150. The van der Waals surface area contributed by atoms with Gasteiger partial charge in [-0.05, 0) is 0 Å². The fraction of sp³-hybridized carbons (Fsp3) is 0.227. The second kappa shape index (κ2) is 7.17. The van der Waals surface area contributed by atoms with E-state index >= 15 is 0 Å². The molecule has 27 heavy (non-hydrogen) atoms. The molecule has 5 heteroatoms. The Morgan fingerprint density at radius 1 is 0.889 bits per heavy atom. The van der Waals surface area contributed by atoms with E-state index in [2.05, 4.69) is 20.8 Å². The molecule has 0 unspecified atom stereocenters. The van der Waals surface area contributed by atoms with Gasteiger partial charge in [0, 0.05) is 0 Å². The zero-order valence-electron chi connectivity index (χ0n) is 16.0. The maximum atomic E-state index is 13.0. The van der Waals surface area contributed by atoms with Crippen LogP contribution in [0.4, 0.5) is 0 Å². The van der Waals surface area contributed by atoms with Gasteiger partial charge in [0.15, 0.2) is 0 Å². The van der Waals surface area contributed by atoms with Crippen LogP contribution in [0.25, 0.3) is 10.9 Å². The molecule has 130 valence electrons. The molecule has 0 bridgehead atoms. The number of fused-ring (bicyclic) bond motifs is 2. The van der Waals surface area contributed by atoms with Crippen LogP contribution in [-0.2, 0) is 19.2 Å². The van der Waals surface area contributed by atoms with Crippen LogP contribution in [0.5, 0.6) is 0 Å². The average molecular weight is 599 g/mol. The first kappa shape index (κ1) is 20.0. The number of carbonyl (C=O) groups is 2. The van der Waals surface area contributed by atoms with Crippen molar-refractivity contribution in [3.05, 3.63) is 63.3 Å². The van der Waals surface area contributed by atoms with Crippen LogP contribution in [0.1, 0.15) is 54.6 Å². The van der Waals surface area contributed by atoms with E-state index in [9.17, 15) is 9.59 Å². The van der Waals surface area contributed by atoms with E-state index in [1.54, 1.807) is 31.3 Å². The summed E-state index contributed by atoms with van der Waals surface area (Å²) in [4.78, 5) is 31.0. The maximum absolute atomic E-state index is 13.0. The van der Waals surface area contributed by atoms with E-state index in [-0.39, 0.29) is 11.6 Å². The number of hydrogen-bond acceptors (Lipinski definition) is 3. The number of nitrogens with zero attached hydrogens (tertiary/aromatic N) is 1. The molecule has 3 nitrogen and oxygen atoms in total. The van der Waals surface area contributed by atoms with E-state index in [0.717, 1.165) is 11.1 Å². The van der Waals surface area contributed by atoms with Gasteiger partial charge in [-0.15, -0.1) is 0 Å². The third-order valence-corrected chi connectivity index (χ3v) is 10.8. The van der Waals surface area contributed by atoms with Crippen molar-refractivity contribution in [1.82, 2.24) is 4.98 Å². The monoisotopic (exact) mass is 599 g/mol. The van der Waals surface area contributed by atoms with Crippen molar-refractivity contribution in [1.29, 1.82) is 0 Å². The van der Waals surface area contributed by atoms with Crippen molar-refractivity contribution >= 4 is 80.7 Å². The molecule has 2 aromatic carbocycles. The Hall–Kier alpha value is -0.342. The van der Waals surface area contributed by atoms with Gasteiger partial charge < -0.3 is 0 Å². The molecule has 0 saturated carbocycles. The SMILES string of the molecule is Cc1c(C)[c]([Rb])c2c(C)c(C)c(C3C(=O)c4ccccc4C3=O)nc2[c]1[Re]. The Balaban J connectivity index is 2.04. The summed E-state index contributed by atoms with van der Waals surface area (Å²) < 4.78 is 2.65. The van der Waals surface area contributed by atoms with Crippen molar-refractivity contribution in [2.45, 2.75) is 33.6 Å². The summed E-state index contributed by atoms with van der Waals surface area (Å²) in [6.07, 6.45) is 0. The molecule has 0 atom stereocenters. The number of pyridine rings is 1. The fourth-order valence-electron chi connectivity index (χ4n) is 4.12. The first-order chi connectivity index (χ1) is 12.8. The molecule has 0 saturated heterocycles. The zero-order chi connectivity index (χ0) is 19.6. The van der Waals surface area contributed by atoms with Gasteiger partial charge in [-0.1, -0.05) is 0 Å². The summed E-state index contributed by atoms with van der Waals surface area (Å²) in [5.74, 6) is -1.04. The molecule has 0 amide bonds. The molecule has 1 aliphatic carbocycles. The van der Waals surface area contributed by atoms with Crippen LogP contribution in [0.15, 0.2) is 24.3 Å². The first-order valence-corrected chi connectivity index (χ1v) is 12.8. The van der Waals surface area contributed by atoms with Crippen LogP contribution in [0.3, 0.4) is 0 Å². The van der Waals surface area contributed by atoms with Crippen LogP contribution >= 0.6 is 0 Å². The predicted octanol–water partition coefficient (Wildman–Crippen LogP) is 2.60. The molecule has 1 heterocycles. The number of carbonyl (C=O) groups excluding carboxylic acids is 2. The summed E-state index contributed by atoms with van der Waals surface area (Å²) in [6, 6.07) is 7.12. The Morgan fingerprint density at radius 2 is 1.44 bits per heavy atom. The average Bonchev–Trinajstić information content (AvgIpc) is 2.91. The molecule has 0 spiro atoms. The van der Waals surface area contributed by atoms with Gasteiger partial charge in [-0.2, -0.15) is 0 Å². The topological polar surface area (TPSA) is 47.0 Å². The molecule has 0 aliphatic heterocycles. The van der Waals surface area contributed by atoms with E-state index in [0.29, 0.717) is 72.4 Å². The van der Waals surface area contributed by atoms with Gasteiger partial charge in [-0.3, -0.25) is 0 Å². The van der Waals surface area contributed by atoms with Crippen molar-refractivity contribution < 1.29 is 28.8 Å². The van der Waals surface area contributed by atoms with Gasteiger partial charge in [0.25, 0.3) is 0 Å². The molecule has 4 rings (SSSR count). The van der Waals surface area contributed by atoms with Gasteiger partial charge in [-0.25, -0.2) is 0 Å². The van der Waals surface area contributed by atoms with Gasteiger partial charge in [0.2, 0.25) is 0 Å². The Morgan fingerprint density at radius 3 is 2.00 bits per heavy atom. The molecule has 1 aromatic heterocycles. The van der Waals surface area contributed by atoms with Gasteiger partial charge in [0.05, 0.1) is 0 Å². The third-order valence-electron chi connectivity index (χ3n) is 6.08. The molecule has 0 N–H and O–H groups in total. The first-order valence-electron chi connectivity index (χ1n) is 8.99. The molecular formula is C22H17NO2RbRe. The molecule has 0 fully saturated rings. The number of aromatic nitrogens is 1. The van der Waals surface area contributed by atoms with Gasteiger partial charge in [0.1, 0.15) is 0 Å². The summed E-state index contributed by atoms with van der Waals surface area (Å²) >= 11 is 1.95. The van der Waals surface area contributed by atoms with Crippen LogP contribution in [0, 0.1) is 27.7 Å². The Kier molecular flexibility index (Phi) is 5.30. The minimum absolute atomic E-state index is 0.118.